The number of aryl methyl sites for hydroxylation is 3. The van der Waals surface area contributed by atoms with Gasteiger partial charge in [0, 0.05) is 11.6 Å². The number of benzene rings is 2. The zero-order valence-electron chi connectivity index (χ0n) is 18.0. The topological polar surface area (TPSA) is 47.5 Å². The molecule has 1 atom stereocenters. The number of hydrogen-bond acceptors (Lipinski definition) is 4. The lowest BCUT2D eigenvalue weighted by atomic mass is 9.83. The smallest absolute Gasteiger partial charge is 0.271 e. The average Bonchev–Trinajstić information content (AvgIpc) is 3.35. The maximum absolute atomic E-state index is 13.6. The molecule has 2 aromatic carbocycles. The second-order valence-corrected chi connectivity index (χ2v) is 9.48. The minimum Gasteiger partial charge on any atom is -0.462 e. The van der Waals surface area contributed by atoms with Gasteiger partial charge in [0.05, 0.1) is 16.3 Å². The Morgan fingerprint density at radius 3 is 2.62 bits per heavy atom. The van der Waals surface area contributed by atoms with Gasteiger partial charge in [0.25, 0.3) is 5.56 Å². The Morgan fingerprint density at radius 2 is 1.84 bits per heavy atom. The van der Waals surface area contributed by atoms with Gasteiger partial charge in [-0.15, -0.1) is 0 Å². The van der Waals surface area contributed by atoms with Crippen molar-refractivity contribution in [2.45, 2.75) is 32.7 Å². The summed E-state index contributed by atoms with van der Waals surface area (Å²) in [6, 6.07) is 20.7. The van der Waals surface area contributed by atoms with Crippen molar-refractivity contribution < 1.29 is 4.42 Å². The van der Waals surface area contributed by atoms with Gasteiger partial charge < -0.3 is 4.42 Å². The summed E-state index contributed by atoms with van der Waals surface area (Å²) in [5.41, 5.74) is 7.07. The van der Waals surface area contributed by atoms with Crippen LogP contribution in [0.5, 0.6) is 0 Å². The molecule has 1 aliphatic carbocycles. The van der Waals surface area contributed by atoms with Crippen LogP contribution in [-0.4, -0.2) is 4.57 Å². The highest BCUT2D eigenvalue weighted by molar-refractivity contribution is 7.07. The number of rotatable bonds is 2. The second-order valence-electron chi connectivity index (χ2n) is 8.47. The molecule has 0 bridgehead atoms. The zero-order valence-corrected chi connectivity index (χ0v) is 18.8. The summed E-state index contributed by atoms with van der Waals surface area (Å²) < 4.78 is 8.22. The molecule has 0 fully saturated rings. The SMILES string of the molecule is Cc1ccc(C2C3=C(N=c4sc(=Cc5ccc(C)o5)c(=O)n42)c2ccccc2CC3)cc1. The molecule has 32 heavy (non-hydrogen) atoms. The second kappa shape index (κ2) is 7.31. The summed E-state index contributed by atoms with van der Waals surface area (Å²) in [7, 11) is 0. The van der Waals surface area contributed by atoms with Crippen molar-refractivity contribution in [3.05, 3.63) is 120 Å². The van der Waals surface area contributed by atoms with Gasteiger partial charge in [-0.1, -0.05) is 65.4 Å². The van der Waals surface area contributed by atoms with E-state index in [1.807, 2.05) is 29.7 Å². The molecule has 0 saturated carbocycles. The Morgan fingerprint density at radius 1 is 1.03 bits per heavy atom. The Kier molecular flexibility index (Phi) is 4.40. The van der Waals surface area contributed by atoms with Crippen LogP contribution in [0.4, 0.5) is 0 Å². The molecule has 2 aliphatic rings. The normalized spacial score (nSPS) is 17.6. The summed E-state index contributed by atoms with van der Waals surface area (Å²) in [5.74, 6) is 1.52. The van der Waals surface area contributed by atoms with Crippen LogP contribution in [0.3, 0.4) is 0 Å². The maximum Gasteiger partial charge on any atom is 0.271 e. The van der Waals surface area contributed by atoms with E-state index >= 15 is 0 Å². The molecule has 0 radical (unpaired) electrons. The van der Waals surface area contributed by atoms with Crippen LogP contribution in [0.25, 0.3) is 11.8 Å². The summed E-state index contributed by atoms with van der Waals surface area (Å²) in [4.78, 5) is 19.4. The number of nitrogens with zero attached hydrogens (tertiary/aromatic N) is 2. The highest BCUT2D eigenvalue weighted by atomic mass is 32.1. The third-order valence-corrected chi connectivity index (χ3v) is 7.28. The molecule has 1 unspecified atom stereocenters. The molecule has 0 spiro atoms. The number of furan rings is 1. The molecule has 2 aromatic heterocycles. The van der Waals surface area contributed by atoms with Gasteiger partial charge in [-0.3, -0.25) is 9.36 Å². The zero-order chi connectivity index (χ0) is 21.8. The van der Waals surface area contributed by atoms with Crippen molar-refractivity contribution in [3.8, 4) is 0 Å². The Bertz CT molecular complexity index is 1560. The lowest BCUT2D eigenvalue weighted by Gasteiger charge is -2.30. The first kappa shape index (κ1) is 19.3. The first-order valence-electron chi connectivity index (χ1n) is 10.8. The van der Waals surface area contributed by atoms with Crippen molar-refractivity contribution in [1.82, 2.24) is 4.57 Å². The van der Waals surface area contributed by atoms with Crippen molar-refractivity contribution in [3.63, 3.8) is 0 Å². The Hall–Kier alpha value is -3.44. The van der Waals surface area contributed by atoms with E-state index in [0.29, 0.717) is 10.3 Å². The van der Waals surface area contributed by atoms with Crippen molar-refractivity contribution >= 4 is 23.1 Å². The van der Waals surface area contributed by atoms with E-state index in [9.17, 15) is 4.79 Å². The monoisotopic (exact) mass is 438 g/mol. The van der Waals surface area contributed by atoms with Gasteiger partial charge in [0.1, 0.15) is 11.5 Å². The minimum atomic E-state index is -0.143. The maximum atomic E-state index is 13.6. The fraction of sp³-hybridized carbons (Fsp3) is 0.185. The van der Waals surface area contributed by atoms with Crippen LogP contribution < -0.4 is 14.9 Å². The number of hydrogen-bond donors (Lipinski definition) is 0. The fourth-order valence-corrected chi connectivity index (χ4v) is 5.71. The van der Waals surface area contributed by atoms with E-state index in [1.54, 1.807) is 0 Å². The summed E-state index contributed by atoms with van der Waals surface area (Å²) in [6.07, 6.45) is 3.69. The number of thiazole rings is 1. The molecule has 5 heteroatoms. The molecule has 158 valence electrons. The van der Waals surface area contributed by atoms with Gasteiger partial charge in [0.2, 0.25) is 0 Å². The van der Waals surface area contributed by atoms with Gasteiger partial charge in [-0.05, 0) is 55.5 Å². The van der Waals surface area contributed by atoms with Gasteiger partial charge in [-0.2, -0.15) is 0 Å². The van der Waals surface area contributed by atoms with Crippen LogP contribution in [0, 0.1) is 13.8 Å². The van der Waals surface area contributed by atoms with Crippen LogP contribution in [0.1, 0.15) is 46.2 Å². The molecule has 3 heterocycles. The molecule has 0 amide bonds. The van der Waals surface area contributed by atoms with Crippen LogP contribution in [0.2, 0.25) is 0 Å². The first-order valence-corrected chi connectivity index (χ1v) is 11.7. The van der Waals surface area contributed by atoms with Crippen LogP contribution >= 0.6 is 11.3 Å². The fourth-order valence-electron chi connectivity index (χ4n) is 4.73. The molecule has 6 rings (SSSR count). The van der Waals surface area contributed by atoms with E-state index in [2.05, 4.69) is 55.5 Å². The highest BCUT2D eigenvalue weighted by Gasteiger charge is 2.32. The minimum absolute atomic E-state index is 0.0150. The van der Waals surface area contributed by atoms with Crippen LogP contribution in [0.15, 0.2) is 80.4 Å². The van der Waals surface area contributed by atoms with Crippen molar-refractivity contribution in [2.24, 2.45) is 4.99 Å². The van der Waals surface area contributed by atoms with E-state index in [0.717, 1.165) is 34.7 Å². The van der Waals surface area contributed by atoms with Crippen molar-refractivity contribution in [2.75, 3.05) is 0 Å². The summed E-state index contributed by atoms with van der Waals surface area (Å²) >= 11 is 1.43. The Labute approximate surface area is 189 Å². The number of allylic oxidation sites excluding steroid dienone is 1. The quantitative estimate of drug-likeness (QED) is 0.462. The van der Waals surface area contributed by atoms with E-state index in [4.69, 9.17) is 9.41 Å². The molecule has 0 saturated heterocycles. The van der Waals surface area contributed by atoms with Crippen LogP contribution in [-0.2, 0) is 6.42 Å². The average molecular weight is 439 g/mol. The first-order chi connectivity index (χ1) is 15.6. The van der Waals surface area contributed by atoms with E-state index in [-0.39, 0.29) is 11.6 Å². The molecule has 4 nitrogen and oxygen atoms in total. The lowest BCUT2D eigenvalue weighted by molar-refractivity contribution is 0.524. The Balaban J connectivity index is 1.64. The molecular weight excluding hydrogens is 416 g/mol. The van der Waals surface area contributed by atoms with Gasteiger partial charge in [0.15, 0.2) is 4.80 Å². The predicted molar refractivity (Wildman–Crippen MR) is 127 cm³/mol. The summed E-state index contributed by atoms with van der Waals surface area (Å²) in [5, 5.41) is 0. The number of fused-ring (bicyclic) bond motifs is 3. The highest BCUT2D eigenvalue weighted by Crippen LogP contribution is 2.41. The van der Waals surface area contributed by atoms with Gasteiger partial charge in [-0.25, -0.2) is 4.99 Å². The van der Waals surface area contributed by atoms with E-state index in [1.165, 1.54) is 33.6 Å². The third kappa shape index (κ3) is 3.04. The van der Waals surface area contributed by atoms with E-state index < -0.39 is 0 Å². The standard InChI is InChI=1S/C27H22N2O2S/c1-16-7-10-19(11-8-16)25-22-14-12-18-5-3-4-6-21(18)24(22)28-27-29(25)26(30)23(32-27)15-20-13-9-17(2)31-20/h3-11,13,15,25H,12,14H2,1-2H3. The largest absolute Gasteiger partial charge is 0.462 e. The van der Waals surface area contributed by atoms with Gasteiger partial charge >= 0.3 is 0 Å². The van der Waals surface area contributed by atoms with Crippen molar-refractivity contribution in [1.29, 1.82) is 0 Å². The summed E-state index contributed by atoms with van der Waals surface area (Å²) in [6.45, 7) is 3.99. The molecular formula is C27H22N2O2S. The lowest BCUT2D eigenvalue weighted by Crippen LogP contribution is -2.38. The third-order valence-electron chi connectivity index (χ3n) is 6.30. The molecule has 4 aromatic rings. The number of aromatic nitrogens is 1. The molecule has 1 aliphatic heterocycles. The molecule has 0 N–H and O–H groups in total. The predicted octanol–water partition coefficient (Wildman–Crippen LogP) is 4.53.